The molecule has 1 aromatic carbocycles. The summed E-state index contributed by atoms with van der Waals surface area (Å²) >= 11 is 0. The van der Waals surface area contributed by atoms with Crippen LogP contribution in [-0.2, 0) is 0 Å². The molecule has 0 spiro atoms. The van der Waals surface area contributed by atoms with Crippen LogP contribution in [0.1, 0.15) is 16.1 Å². The summed E-state index contributed by atoms with van der Waals surface area (Å²) < 4.78 is 27.5. The second kappa shape index (κ2) is 9.62. The van der Waals surface area contributed by atoms with E-state index >= 15 is 0 Å². The van der Waals surface area contributed by atoms with E-state index in [9.17, 15) is 4.79 Å². The number of methoxy groups -OCH3 is 3. The number of nitrogens with one attached hydrogen (secondary N) is 1. The van der Waals surface area contributed by atoms with E-state index in [0.29, 0.717) is 0 Å². The fourth-order valence-corrected chi connectivity index (χ4v) is 14.8. The Labute approximate surface area is 213 Å². The van der Waals surface area contributed by atoms with Gasteiger partial charge >= 0.3 is 6.01 Å². The topological polar surface area (TPSA) is 105 Å². The Bertz CT molecular complexity index is 1280. The van der Waals surface area contributed by atoms with E-state index in [-0.39, 0.29) is 35.2 Å². The van der Waals surface area contributed by atoms with E-state index in [1.807, 2.05) is 0 Å². The van der Waals surface area contributed by atoms with E-state index in [1.165, 1.54) is 38.6 Å². The molecule has 4 rings (SSSR count). The van der Waals surface area contributed by atoms with Crippen LogP contribution in [0, 0.1) is 6.92 Å². The number of amides is 1. The maximum Gasteiger partial charge on any atom is 0.322 e. The van der Waals surface area contributed by atoms with Gasteiger partial charge in [0.05, 0.1) is 37.5 Å². The van der Waals surface area contributed by atoms with Gasteiger partial charge in [0.2, 0.25) is 11.8 Å². The molecule has 36 heavy (non-hydrogen) atoms. The first-order valence-corrected chi connectivity index (χ1v) is 18.2. The number of anilines is 1. The van der Waals surface area contributed by atoms with Crippen LogP contribution in [0.2, 0.25) is 38.3 Å². The van der Waals surface area contributed by atoms with E-state index < -0.39 is 22.1 Å². The Hall–Kier alpha value is -3.32. The zero-order chi connectivity index (χ0) is 26.3. The predicted octanol–water partition coefficient (Wildman–Crippen LogP) is 4.29. The van der Waals surface area contributed by atoms with Gasteiger partial charge in [0.25, 0.3) is 11.9 Å². The number of carbonyl (C=O) groups is 1. The molecule has 0 saturated heterocycles. The molecule has 2 aromatic heterocycles. The Balaban J connectivity index is 1.58. The van der Waals surface area contributed by atoms with E-state index in [1.54, 1.807) is 17.3 Å². The van der Waals surface area contributed by atoms with Crippen LogP contribution in [-0.4, -0.2) is 53.4 Å². The Morgan fingerprint density at radius 2 is 1.50 bits per heavy atom. The molecule has 1 aliphatic heterocycles. The number of fused-ring (bicyclic) bond motifs is 1. The van der Waals surface area contributed by atoms with Crippen LogP contribution < -0.4 is 34.6 Å². The lowest BCUT2D eigenvalue weighted by molar-refractivity contribution is 0.0990. The number of aromatic nitrogens is 2. The van der Waals surface area contributed by atoms with Crippen LogP contribution in [0.25, 0.3) is 0 Å². The van der Waals surface area contributed by atoms with Crippen LogP contribution in [0.5, 0.6) is 29.5 Å². The molecule has 0 atom stereocenters. The van der Waals surface area contributed by atoms with Gasteiger partial charge in [0.1, 0.15) is 5.75 Å². The molecule has 0 bridgehead atoms. The normalized spacial score (nSPS) is 15.6. The van der Waals surface area contributed by atoms with Crippen molar-refractivity contribution in [3.63, 3.8) is 0 Å². The molecule has 0 aliphatic carbocycles. The Morgan fingerprint density at radius 3 is 2.06 bits per heavy atom. The lowest BCUT2D eigenvalue weighted by atomic mass is 10.2. The third kappa shape index (κ3) is 4.85. The first kappa shape index (κ1) is 25.8. The van der Waals surface area contributed by atoms with Crippen LogP contribution in [0.15, 0.2) is 28.7 Å². The van der Waals surface area contributed by atoms with Gasteiger partial charge in [-0.25, -0.2) is 0 Å². The van der Waals surface area contributed by atoms with Crippen molar-refractivity contribution in [1.29, 1.82) is 0 Å². The lowest BCUT2D eigenvalue weighted by Crippen LogP contribution is -2.63. The molecule has 0 saturated carbocycles. The SMILES string of the molecule is COc1nc(OC)c(NC(=O)c2ccc(Oc3cc4c(cc3C)[Si](C)(C)CC[Si]4(C)C)o2)c(OC)n1. The third-order valence-electron chi connectivity index (χ3n) is 6.79. The minimum atomic E-state index is -1.54. The Morgan fingerprint density at radius 1 is 0.917 bits per heavy atom. The monoisotopic (exact) mass is 527 g/mol. The van der Waals surface area contributed by atoms with E-state index in [2.05, 4.69) is 60.5 Å². The predicted molar refractivity (Wildman–Crippen MR) is 143 cm³/mol. The maximum atomic E-state index is 12.9. The number of benzene rings is 1. The summed E-state index contributed by atoms with van der Waals surface area (Å²) in [6.45, 7) is 11.8. The highest BCUT2D eigenvalue weighted by atomic mass is 28.3. The van der Waals surface area contributed by atoms with Gasteiger partial charge in [0, 0.05) is 6.07 Å². The number of rotatable bonds is 7. The van der Waals surface area contributed by atoms with Crippen molar-refractivity contribution < 1.29 is 28.2 Å². The van der Waals surface area contributed by atoms with Crippen molar-refractivity contribution in [2.75, 3.05) is 26.6 Å². The third-order valence-corrected chi connectivity index (χ3v) is 14.3. The molecule has 1 aliphatic rings. The van der Waals surface area contributed by atoms with Gasteiger partial charge in [-0.05, 0) is 24.6 Å². The van der Waals surface area contributed by atoms with Crippen molar-refractivity contribution in [2.45, 2.75) is 45.2 Å². The van der Waals surface area contributed by atoms with Gasteiger partial charge in [0.15, 0.2) is 11.4 Å². The van der Waals surface area contributed by atoms with Crippen molar-refractivity contribution in [1.82, 2.24) is 9.97 Å². The highest BCUT2D eigenvalue weighted by molar-refractivity contribution is 7.03. The molecule has 0 radical (unpaired) electrons. The highest BCUT2D eigenvalue weighted by Gasteiger charge is 2.40. The molecular weight excluding hydrogens is 494 g/mol. The molecule has 0 unspecified atom stereocenters. The van der Waals surface area contributed by atoms with Crippen LogP contribution in [0.4, 0.5) is 5.69 Å². The van der Waals surface area contributed by atoms with Gasteiger partial charge in [-0.3, -0.25) is 4.79 Å². The first-order chi connectivity index (χ1) is 17.0. The molecule has 3 aromatic rings. The van der Waals surface area contributed by atoms with Crippen molar-refractivity contribution in [3.8, 4) is 29.5 Å². The summed E-state index contributed by atoms with van der Waals surface area (Å²) in [7, 11) is 1.28. The molecule has 3 heterocycles. The van der Waals surface area contributed by atoms with E-state index in [0.717, 1.165) is 11.3 Å². The molecule has 1 N–H and O–H groups in total. The highest BCUT2D eigenvalue weighted by Crippen LogP contribution is 2.35. The molecule has 1 amide bonds. The molecule has 9 nitrogen and oxygen atoms in total. The molecule has 0 fully saturated rings. The average Bonchev–Trinajstić information content (AvgIpc) is 3.31. The molecule has 11 heteroatoms. The van der Waals surface area contributed by atoms with E-state index in [4.69, 9.17) is 23.4 Å². The lowest BCUT2D eigenvalue weighted by Gasteiger charge is -2.40. The second-order valence-corrected chi connectivity index (χ2v) is 19.8. The number of aryl methyl sites for hydroxylation is 1. The summed E-state index contributed by atoms with van der Waals surface area (Å²) in [4.78, 5) is 21.1. The molecule has 192 valence electrons. The molecular formula is C25H33N3O6Si2. The van der Waals surface area contributed by atoms with Crippen molar-refractivity contribution in [3.05, 3.63) is 35.6 Å². The smallest absolute Gasteiger partial charge is 0.322 e. The standard InChI is InChI=1S/C25H33N3O6Si2/c1-15-13-18-19(36(7,8)12-11-35(18,5)6)14-17(15)34-20-10-9-16(33-20)22(29)26-21-23(30-2)27-25(32-4)28-24(21)31-3/h9-10,13-14H,11-12H2,1-8H3,(H,26,29). The zero-order valence-corrected chi connectivity index (χ0v) is 24.1. The number of carbonyl (C=O) groups excluding carboxylic acids is 1. The quantitative estimate of drug-likeness (QED) is 0.454. The summed E-state index contributed by atoms with van der Waals surface area (Å²) in [6, 6.07) is 10.4. The maximum absolute atomic E-state index is 12.9. The fraction of sp³-hybridized carbons (Fsp3) is 0.400. The zero-order valence-electron chi connectivity index (χ0n) is 22.1. The van der Waals surface area contributed by atoms with Gasteiger partial charge in [-0.1, -0.05) is 54.7 Å². The fourth-order valence-electron chi connectivity index (χ4n) is 4.49. The summed E-state index contributed by atoms with van der Waals surface area (Å²) in [5, 5.41) is 5.72. The summed E-state index contributed by atoms with van der Waals surface area (Å²) in [5.74, 6) is 0.715. The first-order valence-electron chi connectivity index (χ1n) is 11.8. The number of hydrogen-bond acceptors (Lipinski definition) is 8. The van der Waals surface area contributed by atoms with Gasteiger partial charge in [-0.2, -0.15) is 9.97 Å². The summed E-state index contributed by atoms with van der Waals surface area (Å²) in [6.07, 6.45) is 0. The minimum Gasteiger partial charge on any atom is -0.479 e. The largest absolute Gasteiger partial charge is 0.479 e. The van der Waals surface area contributed by atoms with Crippen LogP contribution in [0.3, 0.4) is 0 Å². The van der Waals surface area contributed by atoms with Gasteiger partial charge < -0.3 is 28.7 Å². The Kier molecular flexibility index (Phi) is 6.89. The summed E-state index contributed by atoms with van der Waals surface area (Å²) in [5.41, 5.74) is 1.22. The minimum absolute atomic E-state index is 0.0492. The van der Waals surface area contributed by atoms with Crippen LogP contribution >= 0.6 is 0 Å². The average molecular weight is 528 g/mol. The second-order valence-electron chi connectivity index (χ2n) is 10.2. The number of ether oxygens (including phenoxy) is 4. The van der Waals surface area contributed by atoms with Crippen molar-refractivity contribution in [2.24, 2.45) is 0 Å². The van der Waals surface area contributed by atoms with Crippen molar-refractivity contribution >= 4 is 38.1 Å². The number of furan rings is 1. The van der Waals surface area contributed by atoms with Gasteiger partial charge in [-0.15, -0.1) is 0 Å². The number of hydrogen-bond donors (Lipinski definition) is 1. The number of nitrogens with zero attached hydrogens (tertiary/aromatic N) is 2.